The van der Waals surface area contributed by atoms with Crippen molar-refractivity contribution in [2.45, 2.75) is 25.9 Å². The van der Waals surface area contributed by atoms with Gasteiger partial charge in [-0.05, 0) is 35.2 Å². The number of carbonyl (C=O) groups is 2. The minimum absolute atomic E-state index is 0.210. The minimum Gasteiger partial charge on any atom is -0.354 e. The second-order valence-corrected chi connectivity index (χ2v) is 7.11. The normalized spacial score (nSPS) is 11.5. The Morgan fingerprint density at radius 2 is 1.47 bits per heavy atom. The summed E-state index contributed by atoms with van der Waals surface area (Å²) in [4.78, 5) is 27.2. The van der Waals surface area contributed by atoms with Gasteiger partial charge >= 0.3 is 0 Å². The second kappa shape index (κ2) is 10.3. The van der Waals surface area contributed by atoms with Gasteiger partial charge in [-0.15, -0.1) is 0 Å². The Hall–Kier alpha value is -3.47. The SMILES string of the molecule is CC(=O)N(Cc1ccc(F)cc1)C(C(=O)NCCc1ccccc1)c1ccccc1. The van der Waals surface area contributed by atoms with Gasteiger partial charge in [0, 0.05) is 20.0 Å². The Labute approximate surface area is 176 Å². The Morgan fingerprint density at radius 3 is 2.07 bits per heavy atom. The average molecular weight is 404 g/mol. The number of rotatable bonds is 8. The van der Waals surface area contributed by atoms with Crippen molar-refractivity contribution in [2.24, 2.45) is 0 Å². The summed E-state index contributed by atoms with van der Waals surface area (Å²) >= 11 is 0. The van der Waals surface area contributed by atoms with Crippen LogP contribution in [-0.4, -0.2) is 23.3 Å². The van der Waals surface area contributed by atoms with Gasteiger partial charge in [-0.1, -0.05) is 72.8 Å². The number of nitrogens with one attached hydrogen (secondary N) is 1. The highest BCUT2D eigenvalue weighted by atomic mass is 19.1. The third kappa shape index (κ3) is 5.77. The van der Waals surface area contributed by atoms with Crippen molar-refractivity contribution >= 4 is 11.8 Å². The maximum Gasteiger partial charge on any atom is 0.247 e. The van der Waals surface area contributed by atoms with Crippen LogP contribution in [0.3, 0.4) is 0 Å². The van der Waals surface area contributed by atoms with Crippen LogP contribution in [0.15, 0.2) is 84.9 Å². The van der Waals surface area contributed by atoms with Crippen LogP contribution < -0.4 is 5.32 Å². The third-order valence-electron chi connectivity index (χ3n) is 4.90. The van der Waals surface area contributed by atoms with Crippen molar-refractivity contribution in [3.63, 3.8) is 0 Å². The number of nitrogens with zero attached hydrogens (tertiary/aromatic N) is 1. The molecule has 3 aromatic rings. The molecule has 0 bridgehead atoms. The highest BCUT2D eigenvalue weighted by molar-refractivity contribution is 5.88. The molecule has 4 nitrogen and oxygen atoms in total. The summed E-state index contributed by atoms with van der Waals surface area (Å²) < 4.78 is 13.3. The Kier molecular flexibility index (Phi) is 7.33. The fourth-order valence-electron chi connectivity index (χ4n) is 3.35. The molecule has 2 amide bonds. The highest BCUT2D eigenvalue weighted by Crippen LogP contribution is 2.24. The summed E-state index contributed by atoms with van der Waals surface area (Å²) in [6, 6.07) is 24.3. The molecule has 0 aromatic heterocycles. The average Bonchev–Trinajstić information content (AvgIpc) is 2.76. The summed E-state index contributed by atoms with van der Waals surface area (Å²) in [7, 11) is 0. The van der Waals surface area contributed by atoms with Crippen LogP contribution in [0.1, 0.15) is 29.7 Å². The van der Waals surface area contributed by atoms with Crippen LogP contribution in [0.2, 0.25) is 0 Å². The summed E-state index contributed by atoms with van der Waals surface area (Å²) in [5.41, 5.74) is 2.61. The van der Waals surface area contributed by atoms with E-state index in [-0.39, 0.29) is 24.2 Å². The lowest BCUT2D eigenvalue weighted by molar-refractivity contribution is -0.140. The van der Waals surface area contributed by atoms with E-state index in [9.17, 15) is 14.0 Å². The topological polar surface area (TPSA) is 49.4 Å². The number of benzene rings is 3. The van der Waals surface area contributed by atoms with Crippen molar-refractivity contribution in [1.29, 1.82) is 0 Å². The van der Waals surface area contributed by atoms with Crippen molar-refractivity contribution in [3.05, 3.63) is 107 Å². The molecule has 3 aromatic carbocycles. The van der Waals surface area contributed by atoms with E-state index in [4.69, 9.17) is 0 Å². The molecule has 1 unspecified atom stereocenters. The van der Waals surface area contributed by atoms with Crippen LogP contribution >= 0.6 is 0 Å². The molecule has 1 atom stereocenters. The van der Waals surface area contributed by atoms with Crippen LogP contribution in [0, 0.1) is 5.82 Å². The quantitative estimate of drug-likeness (QED) is 0.609. The molecule has 3 rings (SSSR count). The van der Waals surface area contributed by atoms with E-state index in [2.05, 4.69) is 5.32 Å². The van der Waals surface area contributed by atoms with E-state index in [1.54, 1.807) is 12.1 Å². The molecule has 0 saturated heterocycles. The van der Waals surface area contributed by atoms with Crippen LogP contribution in [0.5, 0.6) is 0 Å². The zero-order valence-electron chi connectivity index (χ0n) is 16.9. The maximum atomic E-state index is 13.3. The monoisotopic (exact) mass is 404 g/mol. The molecule has 30 heavy (non-hydrogen) atoms. The Bertz CT molecular complexity index is 959. The van der Waals surface area contributed by atoms with E-state index in [0.29, 0.717) is 13.0 Å². The second-order valence-electron chi connectivity index (χ2n) is 7.11. The Morgan fingerprint density at radius 1 is 0.867 bits per heavy atom. The van der Waals surface area contributed by atoms with Crippen molar-refractivity contribution < 1.29 is 14.0 Å². The molecule has 0 spiro atoms. The number of hydrogen-bond acceptors (Lipinski definition) is 2. The maximum absolute atomic E-state index is 13.3. The highest BCUT2D eigenvalue weighted by Gasteiger charge is 2.29. The lowest BCUT2D eigenvalue weighted by atomic mass is 10.0. The predicted molar refractivity (Wildman–Crippen MR) is 115 cm³/mol. The van der Waals surface area contributed by atoms with Gasteiger partial charge in [0.1, 0.15) is 11.9 Å². The summed E-state index contributed by atoms with van der Waals surface area (Å²) in [6.45, 7) is 2.12. The molecule has 0 saturated carbocycles. The molecule has 0 aliphatic rings. The summed E-state index contributed by atoms with van der Waals surface area (Å²) in [5, 5.41) is 2.97. The predicted octanol–water partition coefficient (Wildman–Crippen LogP) is 4.27. The molecule has 0 aliphatic heterocycles. The standard InChI is InChI=1S/C25H25FN2O2/c1-19(29)28(18-21-12-14-23(26)15-13-21)24(22-10-6-3-7-11-22)25(30)27-17-16-20-8-4-2-5-9-20/h2-15,24H,16-18H2,1H3,(H,27,30). The first-order valence-electron chi connectivity index (χ1n) is 9.93. The van der Waals surface area contributed by atoms with Gasteiger partial charge in [-0.2, -0.15) is 0 Å². The molecule has 5 heteroatoms. The molecule has 0 aliphatic carbocycles. The molecular weight excluding hydrogens is 379 g/mol. The van der Waals surface area contributed by atoms with Gasteiger partial charge < -0.3 is 10.2 Å². The summed E-state index contributed by atoms with van der Waals surface area (Å²) in [5.74, 6) is -0.813. The van der Waals surface area contributed by atoms with E-state index >= 15 is 0 Å². The lowest BCUT2D eigenvalue weighted by Crippen LogP contribution is -2.43. The van der Waals surface area contributed by atoms with Gasteiger partial charge in [0.2, 0.25) is 11.8 Å². The minimum atomic E-state index is -0.774. The molecule has 0 fully saturated rings. The molecule has 0 radical (unpaired) electrons. The van der Waals surface area contributed by atoms with E-state index in [1.807, 2.05) is 60.7 Å². The van der Waals surface area contributed by atoms with Crippen molar-refractivity contribution in [1.82, 2.24) is 10.2 Å². The zero-order valence-corrected chi connectivity index (χ0v) is 16.9. The van der Waals surface area contributed by atoms with E-state index in [0.717, 1.165) is 16.7 Å². The van der Waals surface area contributed by atoms with E-state index < -0.39 is 6.04 Å². The van der Waals surface area contributed by atoms with Crippen molar-refractivity contribution in [3.8, 4) is 0 Å². The van der Waals surface area contributed by atoms with Gasteiger partial charge in [0.15, 0.2) is 0 Å². The molecular formula is C25H25FN2O2. The lowest BCUT2D eigenvalue weighted by Gasteiger charge is -2.30. The zero-order chi connectivity index (χ0) is 21.3. The van der Waals surface area contributed by atoms with Gasteiger partial charge in [-0.3, -0.25) is 9.59 Å². The van der Waals surface area contributed by atoms with E-state index in [1.165, 1.54) is 24.0 Å². The van der Waals surface area contributed by atoms with Gasteiger partial charge in [-0.25, -0.2) is 4.39 Å². The molecule has 0 heterocycles. The first-order valence-corrected chi connectivity index (χ1v) is 9.93. The number of halogens is 1. The third-order valence-corrected chi connectivity index (χ3v) is 4.90. The van der Waals surface area contributed by atoms with Gasteiger partial charge in [0.05, 0.1) is 0 Å². The van der Waals surface area contributed by atoms with Gasteiger partial charge in [0.25, 0.3) is 0 Å². The molecule has 1 N–H and O–H groups in total. The first kappa shape index (κ1) is 21.2. The summed E-state index contributed by atoms with van der Waals surface area (Å²) in [6.07, 6.45) is 0.701. The fourth-order valence-corrected chi connectivity index (χ4v) is 3.35. The smallest absolute Gasteiger partial charge is 0.247 e. The largest absolute Gasteiger partial charge is 0.354 e. The Balaban J connectivity index is 1.79. The number of hydrogen-bond donors (Lipinski definition) is 1. The first-order chi connectivity index (χ1) is 14.5. The van der Waals surface area contributed by atoms with Crippen LogP contribution in [-0.2, 0) is 22.6 Å². The number of carbonyl (C=O) groups excluding carboxylic acids is 2. The van der Waals surface area contributed by atoms with Crippen LogP contribution in [0.4, 0.5) is 4.39 Å². The molecule has 154 valence electrons. The van der Waals surface area contributed by atoms with Crippen molar-refractivity contribution in [2.75, 3.05) is 6.54 Å². The van der Waals surface area contributed by atoms with Crippen LogP contribution in [0.25, 0.3) is 0 Å². The fraction of sp³-hybridized carbons (Fsp3) is 0.200. The number of amides is 2.